The van der Waals surface area contributed by atoms with Gasteiger partial charge in [-0.2, -0.15) is 0 Å². The quantitative estimate of drug-likeness (QED) is 0.685. The smallest absolute Gasteiger partial charge is 0.142 e. The van der Waals surface area contributed by atoms with Crippen molar-refractivity contribution in [2.75, 3.05) is 5.32 Å². The Morgan fingerprint density at radius 1 is 1.26 bits per heavy atom. The third-order valence-electron chi connectivity index (χ3n) is 4.37. The van der Waals surface area contributed by atoms with E-state index in [0.29, 0.717) is 0 Å². The highest BCUT2D eigenvalue weighted by atomic mass is 35.5. The van der Waals surface area contributed by atoms with E-state index in [2.05, 4.69) is 53.4 Å². The molecule has 0 saturated heterocycles. The lowest BCUT2D eigenvalue weighted by Crippen LogP contribution is -2.09. The number of aromatic nitrogens is 2. The van der Waals surface area contributed by atoms with Crippen LogP contribution in [0.2, 0.25) is 0 Å². The van der Waals surface area contributed by atoms with Crippen molar-refractivity contribution >= 4 is 45.5 Å². The first kappa shape index (κ1) is 16.2. The molecule has 0 aliphatic heterocycles. The molecular weight excluding hydrogens is 326 g/mol. The third-order valence-corrected chi connectivity index (χ3v) is 5.53. The maximum absolute atomic E-state index is 4.52. The predicted octanol–water partition coefficient (Wildman–Crippen LogP) is 5.29. The van der Waals surface area contributed by atoms with Crippen LogP contribution in [0.3, 0.4) is 0 Å². The predicted molar refractivity (Wildman–Crippen MR) is 100 cm³/mol. The van der Waals surface area contributed by atoms with Gasteiger partial charge in [0.15, 0.2) is 0 Å². The lowest BCUT2D eigenvalue weighted by Gasteiger charge is -2.18. The Morgan fingerprint density at radius 3 is 2.96 bits per heavy atom. The van der Waals surface area contributed by atoms with E-state index in [9.17, 15) is 0 Å². The first-order valence-electron chi connectivity index (χ1n) is 7.79. The van der Waals surface area contributed by atoms with Gasteiger partial charge in [0.05, 0.1) is 5.39 Å². The summed E-state index contributed by atoms with van der Waals surface area (Å²) >= 11 is 1.84. The summed E-state index contributed by atoms with van der Waals surface area (Å²) in [5, 5.41) is 4.72. The number of halogens is 1. The zero-order valence-corrected chi connectivity index (χ0v) is 14.9. The molecule has 0 radical (unpaired) electrons. The highest BCUT2D eigenvalue weighted by Crippen LogP contribution is 2.40. The highest BCUT2D eigenvalue weighted by Gasteiger charge is 2.23. The molecule has 3 nitrogen and oxygen atoms in total. The number of anilines is 2. The summed E-state index contributed by atoms with van der Waals surface area (Å²) in [4.78, 5) is 11.6. The summed E-state index contributed by atoms with van der Waals surface area (Å²) in [6.07, 6.45) is 5.26. The summed E-state index contributed by atoms with van der Waals surface area (Å²) in [5.41, 5.74) is 3.80. The fraction of sp³-hybridized carbons (Fsp3) is 0.333. The molecule has 2 heterocycles. The summed E-state index contributed by atoms with van der Waals surface area (Å²) in [6, 6.07) is 8.41. The average molecular weight is 346 g/mol. The molecule has 0 bridgehead atoms. The second-order valence-electron chi connectivity index (χ2n) is 6.25. The fourth-order valence-corrected chi connectivity index (χ4v) is 4.58. The van der Waals surface area contributed by atoms with Crippen molar-refractivity contribution in [2.24, 2.45) is 5.92 Å². The number of aryl methyl sites for hydroxylation is 2. The van der Waals surface area contributed by atoms with Crippen LogP contribution in [0.5, 0.6) is 0 Å². The molecule has 1 N–H and O–H groups in total. The Labute approximate surface area is 146 Å². The maximum atomic E-state index is 4.52. The van der Waals surface area contributed by atoms with E-state index >= 15 is 0 Å². The van der Waals surface area contributed by atoms with Gasteiger partial charge in [0, 0.05) is 10.6 Å². The number of nitrogens with one attached hydrogen (secondary N) is 1. The van der Waals surface area contributed by atoms with Crippen molar-refractivity contribution in [3.05, 3.63) is 46.6 Å². The van der Waals surface area contributed by atoms with Gasteiger partial charge in [-0.1, -0.05) is 19.1 Å². The van der Waals surface area contributed by atoms with Gasteiger partial charge in [0.2, 0.25) is 0 Å². The Balaban J connectivity index is 0.00000156. The van der Waals surface area contributed by atoms with Crippen molar-refractivity contribution in [1.82, 2.24) is 9.97 Å². The van der Waals surface area contributed by atoms with Crippen LogP contribution in [0.25, 0.3) is 10.2 Å². The van der Waals surface area contributed by atoms with Gasteiger partial charge in [-0.3, -0.25) is 0 Å². The van der Waals surface area contributed by atoms with Crippen molar-refractivity contribution in [3.8, 4) is 0 Å². The summed E-state index contributed by atoms with van der Waals surface area (Å²) < 4.78 is 0. The Kier molecular flexibility index (Phi) is 4.55. The highest BCUT2D eigenvalue weighted by molar-refractivity contribution is 7.19. The lowest BCUT2D eigenvalue weighted by molar-refractivity contribution is 0.509. The van der Waals surface area contributed by atoms with Gasteiger partial charge in [-0.05, 0) is 55.4 Å². The van der Waals surface area contributed by atoms with Gasteiger partial charge in [-0.15, -0.1) is 23.7 Å². The van der Waals surface area contributed by atoms with E-state index in [1.165, 1.54) is 34.2 Å². The zero-order valence-electron chi connectivity index (χ0n) is 13.3. The minimum absolute atomic E-state index is 0. The van der Waals surface area contributed by atoms with E-state index in [4.69, 9.17) is 0 Å². The minimum atomic E-state index is 0. The summed E-state index contributed by atoms with van der Waals surface area (Å²) in [7, 11) is 0. The number of nitrogens with zero attached hydrogens (tertiary/aromatic N) is 2. The average Bonchev–Trinajstić information content (AvgIpc) is 2.85. The molecule has 5 heteroatoms. The van der Waals surface area contributed by atoms with Gasteiger partial charge >= 0.3 is 0 Å². The van der Waals surface area contributed by atoms with E-state index in [1.54, 1.807) is 6.33 Å². The third kappa shape index (κ3) is 3.06. The Morgan fingerprint density at radius 2 is 2.13 bits per heavy atom. The Bertz CT molecular complexity index is 843. The molecule has 0 fully saturated rings. The second-order valence-corrected chi connectivity index (χ2v) is 7.33. The van der Waals surface area contributed by atoms with Crippen LogP contribution < -0.4 is 5.32 Å². The van der Waals surface area contributed by atoms with Crippen molar-refractivity contribution < 1.29 is 0 Å². The molecule has 4 rings (SSSR count). The van der Waals surface area contributed by atoms with E-state index in [1.807, 2.05) is 11.3 Å². The van der Waals surface area contributed by atoms with E-state index in [-0.39, 0.29) is 12.4 Å². The monoisotopic (exact) mass is 345 g/mol. The standard InChI is InChI=1S/C18H19N3S.ClH/c1-11-4-3-5-13(8-11)21-17-16-14-7-6-12(2)9-15(14)22-18(16)20-10-19-17;/h3-5,8,10,12H,6-7,9H2,1-2H3,(H,19,20,21);1H. The van der Waals surface area contributed by atoms with Crippen molar-refractivity contribution in [3.63, 3.8) is 0 Å². The molecule has 2 aromatic heterocycles. The van der Waals surface area contributed by atoms with Gasteiger partial charge in [-0.25, -0.2) is 9.97 Å². The van der Waals surface area contributed by atoms with Crippen LogP contribution in [0.15, 0.2) is 30.6 Å². The summed E-state index contributed by atoms with van der Waals surface area (Å²) in [5.74, 6) is 1.73. The number of thiophene rings is 1. The van der Waals surface area contributed by atoms with Crippen LogP contribution in [0.4, 0.5) is 11.5 Å². The van der Waals surface area contributed by atoms with E-state index < -0.39 is 0 Å². The topological polar surface area (TPSA) is 37.8 Å². The molecule has 0 saturated carbocycles. The SMILES string of the molecule is Cc1cccc(Nc2ncnc3sc4c(c23)CCC(C)C4)c1.Cl. The number of benzene rings is 1. The molecule has 0 amide bonds. The minimum Gasteiger partial charge on any atom is -0.340 e. The second kappa shape index (κ2) is 6.46. The zero-order chi connectivity index (χ0) is 15.1. The van der Waals surface area contributed by atoms with Crippen LogP contribution in [0.1, 0.15) is 29.3 Å². The van der Waals surface area contributed by atoms with Gasteiger partial charge in [0.25, 0.3) is 0 Å². The van der Waals surface area contributed by atoms with Crippen LogP contribution in [-0.2, 0) is 12.8 Å². The molecule has 23 heavy (non-hydrogen) atoms. The molecule has 120 valence electrons. The first-order chi connectivity index (χ1) is 10.7. The molecule has 1 aliphatic rings. The molecular formula is C18H20ClN3S. The van der Waals surface area contributed by atoms with Gasteiger partial charge in [0.1, 0.15) is 17.0 Å². The van der Waals surface area contributed by atoms with Crippen LogP contribution in [0, 0.1) is 12.8 Å². The van der Waals surface area contributed by atoms with Gasteiger partial charge < -0.3 is 5.32 Å². The maximum Gasteiger partial charge on any atom is 0.142 e. The molecule has 1 aromatic carbocycles. The molecule has 3 aromatic rings. The normalized spacial score (nSPS) is 16.7. The number of fused-ring (bicyclic) bond motifs is 3. The fourth-order valence-electron chi connectivity index (χ4n) is 3.23. The van der Waals surface area contributed by atoms with Crippen molar-refractivity contribution in [1.29, 1.82) is 0 Å². The van der Waals surface area contributed by atoms with Crippen LogP contribution in [-0.4, -0.2) is 9.97 Å². The largest absolute Gasteiger partial charge is 0.340 e. The van der Waals surface area contributed by atoms with Crippen LogP contribution >= 0.6 is 23.7 Å². The number of hydrogen-bond acceptors (Lipinski definition) is 4. The lowest BCUT2D eigenvalue weighted by atomic mass is 9.89. The molecule has 0 spiro atoms. The molecule has 1 aliphatic carbocycles. The molecule has 1 atom stereocenters. The number of hydrogen-bond donors (Lipinski definition) is 1. The van der Waals surface area contributed by atoms with E-state index in [0.717, 1.165) is 28.7 Å². The van der Waals surface area contributed by atoms with Crippen molar-refractivity contribution in [2.45, 2.75) is 33.1 Å². The summed E-state index contributed by atoms with van der Waals surface area (Å²) in [6.45, 7) is 4.44. The Hall–Kier alpha value is -1.65. The number of rotatable bonds is 2. The molecule has 1 unspecified atom stereocenters. The first-order valence-corrected chi connectivity index (χ1v) is 8.61.